The summed E-state index contributed by atoms with van der Waals surface area (Å²) in [5.74, 6) is 0.987. The van der Waals surface area contributed by atoms with Gasteiger partial charge >= 0.3 is 0 Å². The highest BCUT2D eigenvalue weighted by Crippen LogP contribution is 2.56. The van der Waals surface area contributed by atoms with Gasteiger partial charge in [0.25, 0.3) is 0 Å². The molecule has 98 valence electrons. The lowest BCUT2D eigenvalue weighted by Gasteiger charge is -2.30. The van der Waals surface area contributed by atoms with Crippen LogP contribution < -0.4 is 0 Å². The molecule has 3 nitrogen and oxygen atoms in total. The summed E-state index contributed by atoms with van der Waals surface area (Å²) in [6, 6.07) is 10.0. The van der Waals surface area contributed by atoms with Crippen LogP contribution in [0.2, 0.25) is 0 Å². The highest BCUT2D eigenvalue weighted by atomic mass is 16.7. The molecule has 0 amide bonds. The fourth-order valence-corrected chi connectivity index (χ4v) is 2.91. The molecule has 3 rings (SSSR count). The molecule has 0 radical (unpaired) electrons. The van der Waals surface area contributed by atoms with Gasteiger partial charge in [-0.2, -0.15) is 0 Å². The zero-order valence-corrected chi connectivity index (χ0v) is 10.7. The van der Waals surface area contributed by atoms with Gasteiger partial charge in [-0.15, -0.1) is 0 Å². The molecule has 1 saturated carbocycles. The quantitative estimate of drug-likeness (QED) is 0.892. The van der Waals surface area contributed by atoms with E-state index < -0.39 is 0 Å². The maximum atomic E-state index is 9.31. The molecule has 18 heavy (non-hydrogen) atoms. The van der Waals surface area contributed by atoms with Gasteiger partial charge in [0, 0.05) is 18.1 Å². The van der Waals surface area contributed by atoms with Crippen molar-refractivity contribution >= 4 is 0 Å². The Kier molecular flexibility index (Phi) is 3.14. The Morgan fingerprint density at radius 3 is 2.44 bits per heavy atom. The minimum absolute atomic E-state index is 0.108. The lowest BCUT2D eigenvalue weighted by molar-refractivity contribution is -0.209. The van der Waals surface area contributed by atoms with Crippen LogP contribution in [-0.4, -0.2) is 24.9 Å². The van der Waals surface area contributed by atoms with Crippen molar-refractivity contribution in [2.24, 2.45) is 17.3 Å². The van der Waals surface area contributed by atoms with E-state index in [0.717, 1.165) is 25.2 Å². The van der Waals surface area contributed by atoms with E-state index in [4.69, 9.17) is 9.47 Å². The molecule has 2 fully saturated rings. The van der Waals surface area contributed by atoms with E-state index in [1.807, 2.05) is 30.3 Å². The lowest BCUT2D eigenvalue weighted by atomic mass is 9.97. The monoisotopic (exact) mass is 248 g/mol. The Balaban J connectivity index is 1.56. The van der Waals surface area contributed by atoms with E-state index in [2.05, 4.69) is 6.92 Å². The first-order valence-corrected chi connectivity index (χ1v) is 6.62. The van der Waals surface area contributed by atoms with Crippen molar-refractivity contribution < 1.29 is 14.6 Å². The van der Waals surface area contributed by atoms with Crippen molar-refractivity contribution in [2.75, 3.05) is 19.8 Å². The molecular weight excluding hydrogens is 228 g/mol. The molecule has 0 bridgehead atoms. The van der Waals surface area contributed by atoms with E-state index >= 15 is 0 Å². The highest BCUT2D eigenvalue weighted by molar-refractivity contribution is 5.16. The number of ether oxygens (including phenoxy) is 2. The maximum absolute atomic E-state index is 9.31. The van der Waals surface area contributed by atoms with Crippen LogP contribution in [0.1, 0.15) is 25.2 Å². The van der Waals surface area contributed by atoms with Gasteiger partial charge in [0.1, 0.15) is 0 Å². The van der Waals surface area contributed by atoms with Crippen LogP contribution in [0.4, 0.5) is 0 Å². The molecule has 2 atom stereocenters. The average molecular weight is 248 g/mol. The molecular formula is C15H20O3. The molecule has 0 aromatic heterocycles. The standard InChI is InChI=1S/C15H20O3/c1-15(10-16)7-13(15)12-8-17-14(18-9-12)11-5-3-2-4-6-11/h2-6,12-14,16H,7-10H2,1H3/t12?,13-,14?,15+/m0/s1. The Bertz CT molecular complexity index is 397. The first kappa shape index (κ1) is 12.2. The third-order valence-electron chi connectivity index (χ3n) is 4.35. The van der Waals surface area contributed by atoms with Crippen molar-refractivity contribution in [3.8, 4) is 0 Å². The fourth-order valence-electron chi connectivity index (χ4n) is 2.91. The Morgan fingerprint density at radius 2 is 1.89 bits per heavy atom. The van der Waals surface area contributed by atoms with Gasteiger partial charge in [-0.3, -0.25) is 0 Å². The minimum atomic E-state index is -0.221. The number of hydrogen-bond donors (Lipinski definition) is 1. The summed E-state index contributed by atoms with van der Waals surface area (Å²) in [6.45, 7) is 3.89. The maximum Gasteiger partial charge on any atom is 0.183 e. The Labute approximate surface area is 108 Å². The van der Waals surface area contributed by atoms with E-state index in [9.17, 15) is 5.11 Å². The topological polar surface area (TPSA) is 38.7 Å². The average Bonchev–Trinajstić information content (AvgIpc) is 3.13. The van der Waals surface area contributed by atoms with Gasteiger partial charge in [0.2, 0.25) is 0 Å². The van der Waals surface area contributed by atoms with Gasteiger partial charge in [0.15, 0.2) is 6.29 Å². The summed E-state index contributed by atoms with van der Waals surface area (Å²) in [4.78, 5) is 0. The molecule has 0 unspecified atom stereocenters. The number of hydrogen-bond acceptors (Lipinski definition) is 3. The SMILES string of the molecule is C[C@]1(CO)C[C@H]1C1COC(c2ccccc2)OC1. The van der Waals surface area contributed by atoms with Crippen LogP contribution in [0.25, 0.3) is 0 Å². The van der Waals surface area contributed by atoms with Crippen LogP contribution in [0.3, 0.4) is 0 Å². The number of aliphatic hydroxyl groups is 1. The summed E-state index contributed by atoms with van der Waals surface area (Å²) in [5.41, 5.74) is 1.19. The minimum Gasteiger partial charge on any atom is -0.396 e. The third-order valence-corrected chi connectivity index (χ3v) is 4.35. The van der Waals surface area contributed by atoms with E-state index in [1.165, 1.54) is 0 Å². The van der Waals surface area contributed by atoms with Crippen LogP contribution in [0, 0.1) is 17.3 Å². The van der Waals surface area contributed by atoms with Crippen LogP contribution >= 0.6 is 0 Å². The van der Waals surface area contributed by atoms with Crippen LogP contribution in [0.15, 0.2) is 30.3 Å². The molecule has 1 heterocycles. The predicted molar refractivity (Wildman–Crippen MR) is 67.9 cm³/mol. The third kappa shape index (κ3) is 2.18. The molecule has 1 aromatic rings. The second-order valence-corrected chi connectivity index (χ2v) is 5.79. The van der Waals surface area contributed by atoms with Gasteiger partial charge in [0.05, 0.1) is 13.2 Å². The molecule has 2 aliphatic rings. The smallest absolute Gasteiger partial charge is 0.183 e. The summed E-state index contributed by atoms with van der Waals surface area (Å²) < 4.78 is 11.6. The van der Waals surface area contributed by atoms with Crippen LogP contribution in [0.5, 0.6) is 0 Å². The number of aliphatic hydroxyl groups excluding tert-OH is 1. The summed E-state index contributed by atoms with van der Waals surface area (Å²) in [5, 5.41) is 9.31. The second kappa shape index (κ2) is 4.65. The fraction of sp³-hybridized carbons (Fsp3) is 0.600. The van der Waals surface area contributed by atoms with Crippen molar-refractivity contribution in [3.05, 3.63) is 35.9 Å². The summed E-state index contributed by atoms with van der Waals surface area (Å²) in [6.07, 6.45) is 0.873. The largest absolute Gasteiger partial charge is 0.396 e. The normalized spacial score (nSPS) is 39.6. The Morgan fingerprint density at radius 1 is 1.22 bits per heavy atom. The van der Waals surface area contributed by atoms with E-state index in [0.29, 0.717) is 11.8 Å². The summed E-state index contributed by atoms with van der Waals surface area (Å²) >= 11 is 0. The molecule has 1 N–H and O–H groups in total. The van der Waals surface area contributed by atoms with E-state index in [1.54, 1.807) is 0 Å². The van der Waals surface area contributed by atoms with Crippen molar-refractivity contribution in [3.63, 3.8) is 0 Å². The van der Waals surface area contributed by atoms with Gasteiger partial charge in [-0.05, 0) is 17.8 Å². The van der Waals surface area contributed by atoms with E-state index in [-0.39, 0.29) is 18.3 Å². The van der Waals surface area contributed by atoms with Crippen molar-refractivity contribution in [1.29, 1.82) is 0 Å². The molecule has 1 aromatic carbocycles. The molecule has 3 heteroatoms. The van der Waals surface area contributed by atoms with Gasteiger partial charge < -0.3 is 14.6 Å². The predicted octanol–water partition coefficient (Wildman–Crippen LogP) is 2.37. The first-order chi connectivity index (χ1) is 8.73. The van der Waals surface area contributed by atoms with Gasteiger partial charge in [-0.25, -0.2) is 0 Å². The molecule has 1 saturated heterocycles. The first-order valence-electron chi connectivity index (χ1n) is 6.62. The van der Waals surface area contributed by atoms with Crippen LogP contribution in [-0.2, 0) is 9.47 Å². The molecule has 1 aliphatic heterocycles. The lowest BCUT2D eigenvalue weighted by Crippen LogP contribution is -2.30. The molecule has 0 spiro atoms. The zero-order chi connectivity index (χ0) is 12.6. The number of rotatable bonds is 3. The van der Waals surface area contributed by atoms with Crippen molar-refractivity contribution in [2.45, 2.75) is 19.6 Å². The second-order valence-electron chi connectivity index (χ2n) is 5.79. The molecule has 1 aliphatic carbocycles. The van der Waals surface area contributed by atoms with Crippen molar-refractivity contribution in [1.82, 2.24) is 0 Å². The van der Waals surface area contributed by atoms with Gasteiger partial charge in [-0.1, -0.05) is 37.3 Å². The Hall–Kier alpha value is -0.900. The number of benzene rings is 1. The summed E-state index contributed by atoms with van der Waals surface area (Å²) in [7, 11) is 0. The highest BCUT2D eigenvalue weighted by Gasteiger charge is 2.54. The zero-order valence-electron chi connectivity index (χ0n) is 10.7.